The van der Waals surface area contributed by atoms with Gasteiger partial charge in [0.25, 0.3) is 0 Å². The van der Waals surface area contributed by atoms with Gasteiger partial charge in [0.1, 0.15) is 0 Å². The maximum atomic E-state index is 5.75. The van der Waals surface area contributed by atoms with Gasteiger partial charge < -0.3 is 0 Å². The molecular weight excluding hydrogens is 544 g/mol. The van der Waals surface area contributed by atoms with Gasteiger partial charge in [0.05, 0.1) is 30.1 Å². The third-order valence-corrected chi connectivity index (χ3v) is 7.01. The van der Waals surface area contributed by atoms with Crippen molar-refractivity contribution in [2.24, 2.45) is 0 Å². The molecule has 2 rings (SSSR count). The number of rotatable bonds is 0. The Balaban J connectivity index is 0.000000403. The van der Waals surface area contributed by atoms with Gasteiger partial charge >= 0.3 is 0 Å². The molecule has 0 nitrogen and oxygen atoms in total. The first-order valence-corrected chi connectivity index (χ1v) is 9.24. The van der Waals surface area contributed by atoms with E-state index < -0.39 is 0 Å². The second-order valence-corrected chi connectivity index (χ2v) is 7.89. The SMILES string of the molecule is Sc1cc(Cl)c(Cl)c(Cl)c1S.Sc1cc(Cl)c(Cl)c(Cl)c1S.[Ni]. The van der Waals surface area contributed by atoms with Gasteiger partial charge in [-0.25, -0.2) is 0 Å². The monoisotopic (exact) mass is 546 g/mol. The Morgan fingerprint density at radius 2 is 0.783 bits per heavy atom. The summed E-state index contributed by atoms with van der Waals surface area (Å²) in [6.07, 6.45) is 0. The fourth-order valence-electron chi connectivity index (χ4n) is 1.15. The zero-order valence-corrected chi connectivity index (χ0v) is 19.6. The fourth-order valence-corrected chi connectivity index (χ4v) is 3.61. The van der Waals surface area contributed by atoms with Crippen molar-refractivity contribution in [3.63, 3.8) is 0 Å². The normalized spacial score (nSPS) is 9.83. The van der Waals surface area contributed by atoms with Crippen molar-refractivity contribution in [1.29, 1.82) is 0 Å². The van der Waals surface area contributed by atoms with E-state index >= 15 is 0 Å². The van der Waals surface area contributed by atoms with Crippen LogP contribution in [0.25, 0.3) is 0 Å². The van der Waals surface area contributed by atoms with E-state index in [9.17, 15) is 0 Å². The van der Waals surface area contributed by atoms with E-state index in [4.69, 9.17) is 69.6 Å². The molecule has 0 aliphatic rings. The maximum absolute atomic E-state index is 5.75. The van der Waals surface area contributed by atoms with E-state index in [-0.39, 0.29) is 16.5 Å². The van der Waals surface area contributed by atoms with Crippen molar-refractivity contribution in [3.05, 3.63) is 42.3 Å². The van der Waals surface area contributed by atoms with E-state index in [0.29, 0.717) is 49.7 Å². The topological polar surface area (TPSA) is 0 Å². The summed E-state index contributed by atoms with van der Waals surface area (Å²) in [5.74, 6) is 0. The second-order valence-electron chi connectivity index (χ2n) is 3.71. The first-order valence-electron chi connectivity index (χ1n) is 5.18. The van der Waals surface area contributed by atoms with Crippen LogP contribution in [0.4, 0.5) is 0 Å². The minimum atomic E-state index is 0. The van der Waals surface area contributed by atoms with Crippen LogP contribution in [-0.2, 0) is 16.5 Å². The average Bonchev–Trinajstić information content (AvgIpc) is 2.47. The number of hydrogen-bond donors (Lipinski definition) is 4. The first kappa shape index (κ1) is 25.1. The predicted octanol–water partition coefficient (Wildman–Crippen LogP) is 8.45. The number of thiol groups is 4. The molecule has 0 aromatic heterocycles. The van der Waals surface area contributed by atoms with E-state index in [2.05, 4.69) is 50.5 Å². The molecule has 11 heteroatoms. The number of benzene rings is 2. The van der Waals surface area contributed by atoms with Gasteiger partial charge in [0, 0.05) is 36.1 Å². The molecular formula is C12H6Cl6NiS4. The molecule has 0 aliphatic carbocycles. The zero-order valence-electron chi connectivity index (χ0n) is 10.5. The molecule has 0 saturated carbocycles. The van der Waals surface area contributed by atoms with Crippen molar-refractivity contribution < 1.29 is 16.5 Å². The molecule has 0 unspecified atom stereocenters. The molecule has 2 aromatic carbocycles. The molecule has 0 aliphatic heterocycles. The molecule has 0 heterocycles. The molecule has 0 bridgehead atoms. The van der Waals surface area contributed by atoms with Crippen LogP contribution in [0.1, 0.15) is 0 Å². The Morgan fingerprint density at radius 3 is 1.04 bits per heavy atom. The molecule has 0 radical (unpaired) electrons. The van der Waals surface area contributed by atoms with Crippen molar-refractivity contribution in [3.8, 4) is 0 Å². The summed E-state index contributed by atoms with van der Waals surface area (Å²) >= 11 is 50.6. The van der Waals surface area contributed by atoms with Crippen LogP contribution in [0.2, 0.25) is 30.1 Å². The fraction of sp³-hybridized carbons (Fsp3) is 0. The summed E-state index contributed by atoms with van der Waals surface area (Å²) in [5, 5.41) is 2.09. The molecule has 0 amide bonds. The van der Waals surface area contributed by atoms with Crippen LogP contribution in [0.15, 0.2) is 31.7 Å². The van der Waals surface area contributed by atoms with Crippen LogP contribution < -0.4 is 0 Å². The van der Waals surface area contributed by atoms with Gasteiger partial charge in [-0.3, -0.25) is 0 Å². The Bertz CT molecular complexity index is 612. The second kappa shape index (κ2) is 11.0. The van der Waals surface area contributed by atoms with Crippen LogP contribution in [0, 0.1) is 0 Å². The van der Waals surface area contributed by atoms with Gasteiger partial charge in [-0.15, -0.1) is 50.5 Å². The Hall–Kier alpha value is 2.07. The largest absolute Gasteiger partial charge is 0.142 e. The minimum absolute atomic E-state index is 0. The number of hydrogen-bond acceptors (Lipinski definition) is 4. The molecule has 23 heavy (non-hydrogen) atoms. The summed E-state index contributed by atoms with van der Waals surface area (Å²) in [4.78, 5) is 2.33. The van der Waals surface area contributed by atoms with Gasteiger partial charge in [0.2, 0.25) is 0 Å². The molecule has 2 aromatic rings. The minimum Gasteiger partial charge on any atom is -0.142 e. The smallest absolute Gasteiger partial charge is 0.0790 e. The molecule has 0 spiro atoms. The standard InChI is InChI=1S/2C6H3Cl3S2.Ni/c2*7-2-1-3(10)6(11)5(9)4(2)8;/h2*1,10-11H;. The molecule has 130 valence electrons. The summed E-state index contributed by atoms with van der Waals surface area (Å²) in [6.45, 7) is 0. The summed E-state index contributed by atoms with van der Waals surface area (Å²) < 4.78 is 0. The average molecular weight is 550 g/mol. The van der Waals surface area contributed by atoms with E-state index in [1.54, 1.807) is 12.1 Å². The Labute approximate surface area is 196 Å². The van der Waals surface area contributed by atoms with Gasteiger partial charge in [-0.2, -0.15) is 0 Å². The Kier molecular flexibility index (Phi) is 12.0. The summed E-state index contributed by atoms with van der Waals surface area (Å²) in [5.41, 5.74) is 0. The zero-order chi connectivity index (χ0) is 17.2. The van der Waals surface area contributed by atoms with E-state index in [1.807, 2.05) is 0 Å². The van der Waals surface area contributed by atoms with Crippen molar-refractivity contribution in [2.45, 2.75) is 19.6 Å². The summed E-state index contributed by atoms with van der Waals surface area (Å²) in [7, 11) is 0. The van der Waals surface area contributed by atoms with Crippen LogP contribution in [0.3, 0.4) is 0 Å². The predicted molar refractivity (Wildman–Crippen MR) is 112 cm³/mol. The third kappa shape index (κ3) is 6.63. The summed E-state index contributed by atoms with van der Waals surface area (Å²) in [6, 6.07) is 3.20. The van der Waals surface area contributed by atoms with Crippen molar-refractivity contribution in [1.82, 2.24) is 0 Å². The van der Waals surface area contributed by atoms with Gasteiger partial charge in [0.15, 0.2) is 0 Å². The number of halogens is 6. The van der Waals surface area contributed by atoms with Crippen molar-refractivity contribution >= 4 is 120 Å². The maximum Gasteiger partial charge on any atom is 0.0790 e. The van der Waals surface area contributed by atoms with Crippen LogP contribution in [-0.4, -0.2) is 0 Å². The van der Waals surface area contributed by atoms with Gasteiger partial charge in [-0.05, 0) is 12.1 Å². The van der Waals surface area contributed by atoms with Crippen LogP contribution in [0.5, 0.6) is 0 Å². The van der Waals surface area contributed by atoms with Gasteiger partial charge in [-0.1, -0.05) is 69.6 Å². The molecule has 0 saturated heterocycles. The van der Waals surface area contributed by atoms with E-state index in [0.717, 1.165) is 0 Å². The molecule has 0 atom stereocenters. The quantitative estimate of drug-likeness (QED) is 0.141. The van der Waals surface area contributed by atoms with E-state index in [1.165, 1.54) is 0 Å². The van der Waals surface area contributed by atoms with Crippen LogP contribution >= 0.6 is 120 Å². The third-order valence-electron chi connectivity index (χ3n) is 2.23. The molecule has 0 fully saturated rings. The Morgan fingerprint density at radius 1 is 0.522 bits per heavy atom. The molecule has 0 N–H and O–H groups in total. The first-order chi connectivity index (χ1) is 10.1. The van der Waals surface area contributed by atoms with Crippen molar-refractivity contribution in [2.75, 3.05) is 0 Å².